The minimum absolute atomic E-state index is 0.0451. The van der Waals surface area contributed by atoms with Crippen molar-refractivity contribution in [3.63, 3.8) is 0 Å². The van der Waals surface area contributed by atoms with Gasteiger partial charge in [0.2, 0.25) is 10.0 Å². The standard InChI is InChI=1S/C11H18N4O3S/c1-9(11(12)14-16)15(2)19(17,18)8-5-10-3-6-13-7-4-10/h3-4,6-7,9,16H,5,8H2,1-2H3,(H2,12,14). The van der Waals surface area contributed by atoms with Gasteiger partial charge in [0.1, 0.15) is 0 Å². The Balaban J connectivity index is 2.71. The highest BCUT2D eigenvalue weighted by molar-refractivity contribution is 7.89. The zero-order chi connectivity index (χ0) is 14.5. The molecule has 0 radical (unpaired) electrons. The Bertz CT molecular complexity index is 530. The summed E-state index contributed by atoms with van der Waals surface area (Å²) in [5.74, 6) is -0.189. The zero-order valence-electron chi connectivity index (χ0n) is 10.9. The molecule has 106 valence electrons. The summed E-state index contributed by atoms with van der Waals surface area (Å²) in [5.41, 5.74) is 6.30. The van der Waals surface area contributed by atoms with Crippen molar-refractivity contribution in [2.24, 2.45) is 10.9 Å². The second-order valence-corrected chi connectivity index (χ2v) is 6.29. The van der Waals surface area contributed by atoms with E-state index >= 15 is 0 Å². The molecular weight excluding hydrogens is 268 g/mol. The summed E-state index contributed by atoms with van der Waals surface area (Å²) in [6, 6.07) is 2.85. The van der Waals surface area contributed by atoms with Crippen LogP contribution in [-0.2, 0) is 16.4 Å². The Morgan fingerprint density at radius 2 is 2.11 bits per heavy atom. The van der Waals surface area contributed by atoms with Gasteiger partial charge in [0.15, 0.2) is 5.84 Å². The topological polar surface area (TPSA) is 109 Å². The van der Waals surface area contributed by atoms with E-state index < -0.39 is 16.1 Å². The summed E-state index contributed by atoms with van der Waals surface area (Å²) in [6.45, 7) is 1.55. The molecule has 0 aliphatic heterocycles. The third kappa shape index (κ3) is 4.18. The van der Waals surface area contributed by atoms with Crippen LogP contribution in [0.25, 0.3) is 0 Å². The van der Waals surface area contributed by atoms with Gasteiger partial charge in [-0.25, -0.2) is 8.42 Å². The fraction of sp³-hybridized carbons (Fsp3) is 0.455. The molecule has 0 amide bonds. The highest BCUT2D eigenvalue weighted by Gasteiger charge is 2.25. The van der Waals surface area contributed by atoms with Gasteiger partial charge in [-0.05, 0) is 31.0 Å². The molecule has 1 atom stereocenters. The molecule has 0 bridgehead atoms. The molecule has 1 aromatic rings. The molecule has 0 fully saturated rings. The summed E-state index contributed by atoms with van der Waals surface area (Å²) in [7, 11) is -2.06. The first-order valence-electron chi connectivity index (χ1n) is 5.70. The number of aromatic nitrogens is 1. The Morgan fingerprint density at radius 3 is 2.63 bits per heavy atom. The van der Waals surface area contributed by atoms with Gasteiger partial charge >= 0.3 is 0 Å². The lowest BCUT2D eigenvalue weighted by Crippen LogP contribution is -2.44. The summed E-state index contributed by atoms with van der Waals surface area (Å²) in [6.07, 6.45) is 3.62. The number of pyridine rings is 1. The lowest BCUT2D eigenvalue weighted by atomic mass is 10.2. The van der Waals surface area contributed by atoms with E-state index in [2.05, 4.69) is 10.1 Å². The van der Waals surface area contributed by atoms with Crippen molar-refractivity contribution in [3.8, 4) is 0 Å². The number of nitrogens with two attached hydrogens (primary N) is 1. The SMILES string of the molecule is CC(C(N)=NO)N(C)S(=O)(=O)CCc1ccncc1. The van der Waals surface area contributed by atoms with Gasteiger partial charge in [-0.3, -0.25) is 4.98 Å². The van der Waals surface area contributed by atoms with E-state index in [1.807, 2.05) is 0 Å². The van der Waals surface area contributed by atoms with Gasteiger partial charge < -0.3 is 10.9 Å². The van der Waals surface area contributed by atoms with Crippen LogP contribution in [0.3, 0.4) is 0 Å². The minimum atomic E-state index is -3.47. The van der Waals surface area contributed by atoms with Crippen molar-refractivity contribution in [1.82, 2.24) is 9.29 Å². The molecule has 1 aromatic heterocycles. The summed E-state index contributed by atoms with van der Waals surface area (Å²) in [4.78, 5) is 3.87. The maximum absolute atomic E-state index is 12.1. The van der Waals surface area contributed by atoms with E-state index in [4.69, 9.17) is 10.9 Å². The van der Waals surface area contributed by atoms with Crippen LogP contribution in [0.15, 0.2) is 29.7 Å². The molecule has 0 saturated heterocycles. The average molecular weight is 286 g/mol. The molecule has 3 N–H and O–H groups in total. The third-order valence-electron chi connectivity index (χ3n) is 2.93. The Kier molecular flexibility index (Phi) is 5.25. The molecule has 19 heavy (non-hydrogen) atoms. The van der Waals surface area contributed by atoms with E-state index in [0.717, 1.165) is 9.87 Å². The quantitative estimate of drug-likeness (QED) is 0.332. The van der Waals surface area contributed by atoms with Gasteiger partial charge in [-0.1, -0.05) is 5.16 Å². The van der Waals surface area contributed by atoms with Crippen LogP contribution < -0.4 is 5.73 Å². The second kappa shape index (κ2) is 6.48. The van der Waals surface area contributed by atoms with Gasteiger partial charge in [-0.15, -0.1) is 0 Å². The molecule has 0 aliphatic carbocycles. The van der Waals surface area contributed by atoms with E-state index in [1.165, 1.54) is 7.05 Å². The van der Waals surface area contributed by atoms with Crippen LogP contribution in [0, 0.1) is 0 Å². The molecule has 0 spiro atoms. The first-order valence-corrected chi connectivity index (χ1v) is 7.31. The number of hydrogen-bond donors (Lipinski definition) is 2. The monoisotopic (exact) mass is 286 g/mol. The molecular formula is C11H18N4O3S. The lowest BCUT2D eigenvalue weighted by molar-refractivity contribution is 0.311. The number of aryl methyl sites for hydroxylation is 1. The van der Waals surface area contributed by atoms with Crippen LogP contribution in [0.4, 0.5) is 0 Å². The fourth-order valence-electron chi connectivity index (χ4n) is 1.45. The number of likely N-dealkylation sites (N-methyl/N-ethyl adjacent to an activating group) is 1. The van der Waals surface area contributed by atoms with E-state index in [9.17, 15) is 8.42 Å². The van der Waals surface area contributed by atoms with Gasteiger partial charge in [0.05, 0.1) is 11.8 Å². The van der Waals surface area contributed by atoms with Crippen molar-refractivity contribution in [2.45, 2.75) is 19.4 Å². The van der Waals surface area contributed by atoms with Crippen molar-refractivity contribution < 1.29 is 13.6 Å². The van der Waals surface area contributed by atoms with Crippen LogP contribution >= 0.6 is 0 Å². The maximum atomic E-state index is 12.1. The molecule has 1 rings (SSSR count). The summed E-state index contributed by atoms with van der Waals surface area (Å²) in [5, 5.41) is 11.4. The number of hydrogen-bond acceptors (Lipinski definition) is 5. The van der Waals surface area contributed by atoms with Gasteiger partial charge in [-0.2, -0.15) is 4.31 Å². The van der Waals surface area contributed by atoms with Crippen molar-refractivity contribution >= 4 is 15.9 Å². The van der Waals surface area contributed by atoms with Crippen LogP contribution in [0.1, 0.15) is 12.5 Å². The number of sulfonamides is 1. The predicted molar refractivity (Wildman–Crippen MR) is 72.4 cm³/mol. The molecule has 7 nitrogen and oxygen atoms in total. The van der Waals surface area contributed by atoms with Crippen molar-refractivity contribution in [1.29, 1.82) is 0 Å². The Morgan fingerprint density at radius 1 is 1.53 bits per heavy atom. The number of oxime groups is 1. The first-order chi connectivity index (χ1) is 8.88. The van der Waals surface area contributed by atoms with Crippen molar-refractivity contribution in [3.05, 3.63) is 30.1 Å². The largest absolute Gasteiger partial charge is 0.409 e. The molecule has 0 aliphatic rings. The molecule has 1 heterocycles. The summed E-state index contributed by atoms with van der Waals surface area (Å²) >= 11 is 0. The zero-order valence-corrected chi connectivity index (χ0v) is 11.7. The molecule has 0 saturated carbocycles. The Hall–Kier alpha value is -1.67. The van der Waals surface area contributed by atoms with Gasteiger partial charge in [0.25, 0.3) is 0 Å². The molecule has 0 aromatic carbocycles. The molecule has 1 unspecified atom stereocenters. The first kappa shape index (κ1) is 15.4. The van der Waals surface area contributed by atoms with E-state index in [0.29, 0.717) is 6.42 Å². The fourth-order valence-corrected chi connectivity index (χ4v) is 2.82. The highest BCUT2D eigenvalue weighted by atomic mass is 32.2. The summed E-state index contributed by atoms with van der Waals surface area (Å²) < 4.78 is 25.3. The predicted octanol–water partition coefficient (Wildman–Crippen LogP) is 0.0206. The minimum Gasteiger partial charge on any atom is -0.409 e. The molecule has 8 heteroatoms. The van der Waals surface area contributed by atoms with Crippen LogP contribution in [0.5, 0.6) is 0 Å². The number of amidine groups is 1. The van der Waals surface area contributed by atoms with Crippen LogP contribution in [0.2, 0.25) is 0 Å². The van der Waals surface area contributed by atoms with Crippen LogP contribution in [-0.4, -0.2) is 47.6 Å². The normalized spacial score (nSPS) is 14.6. The van der Waals surface area contributed by atoms with E-state index in [1.54, 1.807) is 31.5 Å². The van der Waals surface area contributed by atoms with Crippen molar-refractivity contribution in [2.75, 3.05) is 12.8 Å². The third-order valence-corrected chi connectivity index (χ3v) is 4.84. The lowest BCUT2D eigenvalue weighted by Gasteiger charge is -2.23. The highest BCUT2D eigenvalue weighted by Crippen LogP contribution is 2.08. The number of nitrogens with zero attached hydrogens (tertiary/aromatic N) is 3. The average Bonchev–Trinajstić information content (AvgIpc) is 2.43. The Labute approximate surface area is 112 Å². The van der Waals surface area contributed by atoms with Gasteiger partial charge in [0, 0.05) is 19.4 Å². The maximum Gasteiger partial charge on any atom is 0.214 e. The second-order valence-electron chi connectivity index (χ2n) is 4.14. The van der Waals surface area contributed by atoms with E-state index in [-0.39, 0.29) is 11.6 Å². The number of rotatable bonds is 6. The smallest absolute Gasteiger partial charge is 0.214 e.